The Morgan fingerprint density at radius 2 is 2.19 bits per heavy atom. The SMILES string of the molecule is N#Cc1ccc(-c2nc3c(N4[C@@H]5CC[C@H]4[C@@H](N)C5)nccn3c2Br)cc1F. The van der Waals surface area contributed by atoms with Crippen molar-refractivity contribution < 1.29 is 4.39 Å². The van der Waals surface area contributed by atoms with Crippen LogP contribution in [0.5, 0.6) is 0 Å². The number of halogens is 2. The van der Waals surface area contributed by atoms with E-state index in [1.807, 2.05) is 16.7 Å². The molecule has 4 heterocycles. The zero-order chi connectivity index (χ0) is 18.7. The molecular formula is C19H16BrFN6. The number of nitrogens with two attached hydrogens (primary N) is 1. The van der Waals surface area contributed by atoms with Crippen LogP contribution in [0.3, 0.4) is 0 Å². The third-order valence-electron chi connectivity index (χ3n) is 5.66. The number of fused-ring (bicyclic) bond motifs is 3. The molecule has 0 aliphatic carbocycles. The molecule has 1 aromatic carbocycles. The zero-order valence-electron chi connectivity index (χ0n) is 14.3. The molecule has 2 aromatic heterocycles. The third-order valence-corrected chi connectivity index (χ3v) is 6.42. The molecule has 6 nitrogen and oxygen atoms in total. The van der Waals surface area contributed by atoms with Crippen LogP contribution in [0.2, 0.25) is 0 Å². The molecular weight excluding hydrogens is 411 g/mol. The van der Waals surface area contributed by atoms with Crippen molar-refractivity contribution in [3.8, 4) is 17.3 Å². The van der Waals surface area contributed by atoms with Crippen molar-refractivity contribution in [2.24, 2.45) is 5.73 Å². The second kappa shape index (κ2) is 6.01. The summed E-state index contributed by atoms with van der Waals surface area (Å²) in [6.45, 7) is 0. The van der Waals surface area contributed by atoms with E-state index in [0.29, 0.717) is 23.3 Å². The van der Waals surface area contributed by atoms with E-state index in [4.69, 9.17) is 16.0 Å². The molecule has 0 spiro atoms. The van der Waals surface area contributed by atoms with Crippen LogP contribution >= 0.6 is 15.9 Å². The Hall–Kier alpha value is -2.50. The molecule has 8 heteroatoms. The average molecular weight is 427 g/mol. The number of nitrogens with zero attached hydrogens (tertiary/aromatic N) is 5. The predicted octanol–water partition coefficient (Wildman–Crippen LogP) is 3.24. The topological polar surface area (TPSA) is 83.2 Å². The molecule has 5 rings (SSSR count). The quantitative estimate of drug-likeness (QED) is 0.679. The fourth-order valence-electron chi connectivity index (χ4n) is 4.42. The number of aromatic nitrogens is 3. The van der Waals surface area contributed by atoms with Crippen LogP contribution in [-0.4, -0.2) is 32.5 Å². The fourth-order valence-corrected chi connectivity index (χ4v) is 5.02. The highest BCUT2D eigenvalue weighted by atomic mass is 79.9. The van der Waals surface area contributed by atoms with E-state index in [-0.39, 0.29) is 11.6 Å². The molecule has 0 amide bonds. The number of nitriles is 1. The maximum Gasteiger partial charge on any atom is 0.181 e. The van der Waals surface area contributed by atoms with E-state index in [1.165, 1.54) is 12.1 Å². The van der Waals surface area contributed by atoms with Crippen molar-refractivity contribution in [2.45, 2.75) is 37.4 Å². The van der Waals surface area contributed by atoms with Crippen LogP contribution in [0.25, 0.3) is 16.9 Å². The second-order valence-electron chi connectivity index (χ2n) is 7.11. The second-order valence-corrected chi connectivity index (χ2v) is 7.86. The normalized spacial score (nSPS) is 23.9. The Kier molecular flexibility index (Phi) is 3.71. The van der Waals surface area contributed by atoms with Gasteiger partial charge >= 0.3 is 0 Å². The number of benzene rings is 1. The Morgan fingerprint density at radius 1 is 1.33 bits per heavy atom. The highest BCUT2D eigenvalue weighted by Gasteiger charge is 2.46. The number of rotatable bonds is 2. The lowest BCUT2D eigenvalue weighted by Gasteiger charge is -2.24. The minimum Gasteiger partial charge on any atom is -0.346 e. The Labute approximate surface area is 163 Å². The highest BCUT2D eigenvalue weighted by molar-refractivity contribution is 9.10. The van der Waals surface area contributed by atoms with Gasteiger partial charge in [0.05, 0.1) is 5.56 Å². The van der Waals surface area contributed by atoms with Gasteiger partial charge in [-0.1, -0.05) is 6.07 Å². The number of hydrogen-bond donors (Lipinski definition) is 1. The van der Waals surface area contributed by atoms with Crippen LogP contribution in [0.15, 0.2) is 35.2 Å². The van der Waals surface area contributed by atoms with E-state index >= 15 is 0 Å². The van der Waals surface area contributed by atoms with Crippen molar-refractivity contribution >= 4 is 27.4 Å². The van der Waals surface area contributed by atoms with Gasteiger partial charge in [-0.3, -0.25) is 4.40 Å². The minimum absolute atomic E-state index is 0.0172. The van der Waals surface area contributed by atoms with Gasteiger partial charge in [-0.05, 0) is 47.3 Å². The molecule has 2 saturated heterocycles. The van der Waals surface area contributed by atoms with Crippen LogP contribution in [0.4, 0.5) is 10.2 Å². The first kappa shape index (κ1) is 16.7. The van der Waals surface area contributed by atoms with Gasteiger partial charge in [-0.15, -0.1) is 0 Å². The van der Waals surface area contributed by atoms with Crippen molar-refractivity contribution in [1.29, 1.82) is 5.26 Å². The van der Waals surface area contributed by atoms with Crippen LogP contribution in [-0.2, 0) is 0 Å². The largest absolute Gasteiger partial charge is 0.346 e. The summed E-state index contributed by atoms with van der Waals surface area (Å²) in [7, 11) is 0. The first-order chi connectivity index (χ1) is 13.1. The molecule has 0 saturated carbocycles. The van der Waals surface area contributed by atoms with E-state index < -0.39 is 5.82 Å². The Bertz CT molecular complexity index is 1100. The van der Waals surface area contributed by atoms with Crippen molar-refractivity contribution in [1.82, 2.24) is 14.4 Å². The first-order valence-corrected chi connectivity index (χ1v) is 9.64. The summed E-state index contributed by atoms with van der Waals surface area (Å²) in [6.07, 6.45) is 6.75. The smallest absolute Gasteiger partial charge is 0.181 e. The maximum absolute atomic E-state index is 14.1. The number of hydrogen-bond acceptors (Lipinski definition) is 5. The van der Waals surface area contributed by atoms with Gasteiger partial charge in [-0.25, -0.2) is 14.4 Å². The van der Waals surface area contributed by atoms with Crippen molar-refractivity contribution in [3.05, 3.63) is 46.6 Å². The van der Waals surface area contributed by atoms with Gasteiger partial charge in [0.2, 0.25) is 0 Å². The summed E-state index contributed by atoms with van der Waals surface area (Å²) in [6, 6.07) is 7.21. The molecule has 2 N–H and O–H groups in total. The monoisotopic (exact) mass is 426 g/mol. The molecule has 2 fully saturated rings. The lowest BCUT2D eigenvalue weighted by Crippen LogP contribution is -2.37. The van der Waals surface area contributed by atoms with E-state index in [2.05, 4.69) is 25.8 Å². The van der Waals surface area contributed by atoms with Crippen LogP contribution < -0.4 is 10.6 Å². The van der Waals surface area contributed by atoms with Gasteiger partial charge in [0.1, 0.15) is 22.2 Å². The molecule has 0 unspecified atom stereocenters. The van der Waals surface area contributed by atoms with Gasteiger partial charge in [0.25, 0.3) is 0 Å². The van der Waals surface area contributed by atoms with Crippen molar-refractivity contribution in [3.63, 3.8) is 0 Å². The number of anilines is 1. The molecule has 27 heavy (non-hydrogen) atoms. The van der Waals surface area contributed by atoms with Gasteiger partial charge < -0.3 is 10.6 Å². The lowest BCUT2D eigenvalue weighted by molar-refractivity contribution is 0.503. The van der Waals surface area contributed by atoms with E-state index in [0.717, 1.165) is 35.3 Å². The van der Waals surface area contributed by atoms with E-state index in [9.17, 15) is 4.39 Å². The Balaban J connectivity index is 1.66. The highest BCUT2D eigenvalue weighted by Crippen LogP contribution is 2.42. The fraction of sp³-hybridized carbons (Fsp3) is 0.316. The molecule has 2 aliphatic rings. The molecule has 3 atom stereocenters. The molecule has 3 aromatic rings. The Morgan fingerprint density at radius 3 is 2.85 bits per heavy atom. The van der Waals surface area contributed by atoms with Gasteiger partial charge in [0.15, 0.2) is 11.5 Å². The lowest BCUT2D eigenvalue weighted by atomic mass is 9.97. The number of imidazole rings is 1. The van der Waals surface area contributed by atoms with Crippen LogP contribution in [0, 0.1) is 17.1 Å². The van der Waals surface area contributed by atoms with Gasteiger partial charge in [0, 0.05) is 36.1 Å². The third kappa shape index (κ3) is 2.38. The van der Waals surface area contributed by atoms with Crippen LogP contribution in [0.1, 0.15) is 24.8 Å². The maximum atomic E-state index is 14.1. The summed E-state index contributed by atoms with van der Waals surface area (Å²) in [4.78, 5) is 11.7. The molecule has 2 bridgehead atoms. The summed E-state index contributed by atoms with van der Waals surface area (Å²) in [5, 5.41) is 8.94. The standard InChI is InChI=1S/C19H16BrFN6/c20-17-16(10-1-2-11(9-22)13(21)7-10)25-19-18(24-5-6-26(17)19)27-12-3-4-15(27)14(23)8-12/h1-2,5-7,12,14-15H,3-4,8,23H2/t12-,14+,15+/m1/s1. The van der Waals surface area contributed by atoms with E-state index in [1.54, 1.807) is 12.3 Å². The summed E-state index contributed by atoms with van der Waals surface area (Å²) >= 11 is 3.59. The molecule has 0 radical (unpaired) electrons. The molecule has 2 aliphatic heterocycles. The summed E-state index contributed by atoms with van der Waals surface area (Å²) < 4.78 is 16.7. The summed E-state index contributed by atoms with van der Waals surface area (Å²) in [5.41, 5.74) is 8.24. The average Bonchev–Trinajstić information content (AvgIpc) is 3.32. The molecule has 136 valence electrons. The summed E-state index contributed by atoms with van der Waals surface area (Å²) in [5.74, 6) is 0.264. The predicted molar refractivity (Wildman–Crippen MR) is 103 cm³/mol. The minimum atomic E-state index is -0.555. The zero-order valence-corrected chi connectivity index (χ0v) is 15.9. The van der Waals surface area contributed by atoms with Crippen molar-refractivity contribution in [2.75, 3.05) is 4.90 Å². The first-order valence-electron chi connectivity index (χ1n) is 8.85. The van der Waals surface area contributed by atoms with Gasteiger partial charge in [-0.2, -0.15) is 5.26 Å².